The summed E-state index contributed by atoms with van der Waals surface area (Å²) in [5.41, 5.74) is 7.35. The van der Waals surface area contributed by atoms with Gasteiger partial charge in [0.05, 0.1) is 18.4 Å². The molecule has 0 atom stereocenters. The van der Waals surface area contributed by atoms with Crippen LogP contribution < -0.4 is 11.1 Å². The Labute approximate surface area is 109 Å². The first-order valence-corrected chi connectivity index (χ1v) is 5.89. The Kier molecular flexibility index (Phi) is 2.59. The third-order valence-electron chi connectivity index (χ3n) is 2.87. The molecule has 0 unspecified atom stereocenters. The number of nitrogens with zero attached hydrogens (tertiary/aromatic N) is 4. The Morgan fingerprint density at radius 2 is 2.21 bits per heavy atom. The second-order valence-electron chi connectivity index (χ2n) is 4.28. The van der Waals surface area contributed by atoms with Gasteiger partial charge in [-0.25, -0.2) is 15.0 Å². The minimum absolute atomic E-state index is 0.424. The van der Waals surface area contributed by atoms with E-state index in [9.17, 15) is 0 Å². The highest BCUT2D eigenvalue weighted by Crippen LogP contribution is 2.16. The minimum atomic E-state index is 0.424. The summed E-state index contributed by atoms with van der Waals surface area (Å²) in [6.45, 7) is 4.24. The molecule has 7 nitrogen and oxygen atoms in total. The molecule has 7 heteroatoms. The van der Waals surface area contributed by atoms with Crippen LogP contribution in [0, 0.1) is 13.8 Å². The van der Waals surface area contributed by atoms with E-state index in [0.29, 0.717) is 29.7 Å². The van der Waals surface area contributed by atoms with E-state index in [-0.39, 0.29) is 0 Å². The normalized spacial score (nSPS) is 11.1. The van der Waals surface area contributed by atoms with E-state index in [1.54, 1.807) is 12.4 Å². The van der Waals surface area contributed by atoms with Gasteiger partial charge in [0.25, 0.3) is 0 Å². The Morgan fingerprint density at radius 3 is 2.95 bits per heavy atom. The van der Waals surface area contributed by atoms with Crippen LogP contribution in [0.25, 0.3) is 5.65 Å². The highest BCUT2D eigenvalue weighted by Gasteiger charge is 2.09. The molecule has 0 aromatic carbocycles. The molecule has 3 heterocycles. The van der Waals surface area contributed by atoms with Crippen LogP contribution in [0.5, 0.6) is 0 Å². The standard InChI is InChI=1S/C12H14N6O/c1-7-8(2)19-10(16-7)5-15-11-12-14-3-4-18(12)6-9(13)17-11/h3-4,6H,5,13H2,1-2H3,(H,15,17). The lowest BCUT2D eigenvalue weighted by atomic mass is 10.4. The summed E-state index contributed by atoms with van der Waals surface area (Å²) in [4.78, 5) is 12.8. The molecule has 3 N–H and O–H groups in total. The van der Waals surface area contributed by atoms with Crippen molar-refractivity contribution in [3.8, 4) is 0 Å². The van der Waals surface area contributed by atoms with Crippen molar-refractivity contribution in [2.45, 2.75) is 20.4 Å². The average molecular weight is 258 g/mol. The lowest BCUT2D eigenvalue weighted by Gasteiger charge is -2.05. The predicted octanol–water partition coefficient (Wildman–Crippen LogP) is 1.53. The maximum atomic E-state index is 5.74. The molecular weight excluding hydrogens is 244 g/mol. The topological polar surface area (TPSA) is 94.3 Å². The Balaban J connectivity index is 1.87. The minimum Gasteiger partial charge on any atom is -0.444 e. The van der Waals surface area contributed by atoms with Crippen LogP contribution >= 0.6 is 0 Å². The smallest absolute Gasteiger partial charge is 0.213 e. The van der Waals surface area contributed by atoms with Crippen LogP contribution in [0.3, 0.4) is 0 Å². The first kappa shape index (κ1) is 11.5. The van der Waals surface area contributed by atoms with Gasteiger partial charge in [0.1, 0.15) is 11.6 Å². The number of nitrogens with one attached hydrogen (secondary N) is 1. The third kappa shape index (κ3) is 2.10. The van der Waals surface area contributed by atoms with Crippen LogP contribution in [0.4, 0.5) is 11.6 Å². The Hall–Kier alpha value is -2.57. The predicted molar refractivity (Wildman–Crippen MR) is 70.7 cm³/mol. The van der Waals surface area contributed by atoms with Crippen molar-refractivity contribution in [3.05, 3.63) is 35.9 Å². The SMILES string of the molecule is Cc1nc(CNc2nc(N)cn3ccnc23)oc1C. The summed E-state index contributed by atoms with van der Waals surface area (Å²) in [6.07, 6.45) is 5.23. The molecule has 0 aliphatic carbocycles. The number of rotatable bonds is 3. The number of hydrogen-bond acceptors (Lipinski definition) is 6. The van der Waals surface area contributed by atoms with Gasteiger partial charge < -0.3 is 19.9 Å². The van der Waals surface area contributed by atoms with E-state index in [1.807, 2.05) is 24.4 Å². The number of aryl methyl sites for hydroxylation is 2. The van der Waals surface area contributed by atoms with Gasteiger partial charge >= 0.3 is 0 Å². The van der Waals surface area contributed by atoms with Gasteiger partial charge in [-0.15, -0.1) is 0 Å². The van der Waals surface area contributed by atoms with E-state index in [0.717, 1.165) is 11.5 Å². The zero-order chi connectivity index (χ0) is 13.4. The van der Waals surface area contributed by atoms with Crippen molar-refractivity contribution >= 4 is 17.3 Å². The summed E-state index contributed by atoms with van der Waals surface area (Å²) < 4.78 is 7.32. The number of fused-ring (bicyclic) bond motifs is 1. The number of imidazole rings is 1. The summed E-state index contributed by atoms with van der Waals surface area (Å²) in [5, 5.41) is 3.14. The summed E-state index contributed by atoms with van der Waals surface area (Å²) >= 11 is 0. The van der Waals surface area contributed by atoms with Crippen LogP contribution in [-0.4, -0.2) is 19.4 Å². The van der Waals surface area contributed by atoms with Crippen molar-refractivity contribution in [1.29, 1.82) is 0 Å². The molecule has 0 aliphatic rings. The van der Waals surface area contributed by atoms with E-state index in [2.05, 4.69) is 20.3 Å². The highest BCUT2D eigenvalue weighted by atomic mass is 16.4. The van der Waals surface area contributed by atoms with Crippen LogP contribution in [0.2, 0.25) is 0 Å². The van der Waals surface area contributed by atoms with E-state index in [4.69, 9.17) is 10.2 Å². The van der Waals surface area contributed by atoms with Gasteiger partial charge in [-0.05, 0) is 13.8 Å². The number of oxazole rings is 1. The monoisotopic (exact) mass is 258 g/mol. The van der Waals surface area contributed by atoms with Crippen LogP contribution in [-0.2, 0) is 6.54 Å². The van der Waals surface area contributed by atoms with Crippen LogP contribution in [0.15, 0.2) is 23.0 Å². The van der Waals surface area contributed by atoms with Gasteiger partial charge in [-0.2, -0.15) is 0 Å². The molecule has 0 saturated carbocycles. The maximum Gasteiger partial charge on any atom is 0.213 e. The third-order valence-corrected chi connectivity index (χ3v) is 2.87. The summed E-state index contributed by atoms with van der Waals surface area (Å²) in [6, 6.07) is 0. The molecule has 0 radical (unpaired) electrons. The van der Waals surface area contributed by atoms with Crippen molar-refractivity contribution in [3.63, 3.8) is 0 Å². The van der Waals surface area contributed by atoms with Gasteiger partial charge in [0.15, 0.2) is 11.5 Å². The number of aromatic nitrogens is 4. The quantitative estimate of drug-likeness (QED) is 0.739. The summed E-state index contributed by atoms with van der Waals surface area (Å²) in [5.74, 6) is 2.47. The zero-order valence-corrected chi connectivity index (χ0v) is 10.7. The van der Waals surface area contributed by atoms with Crippen LogP contribution in [0.1, 0.15) is 17.3 Å². The first-order chi connectivity index (χ1) is 9.13. The summed E-state index contributed by atoms with van der Waals surface area (Å²) in [7, 11) is 0. The number of hydrogen-bond donors (Lipinski definition) is 2. The second kappa shape index (κ2) is 4.27. The molecule has 98 valence electrons. The van der Waals surface area contributed by atoms with Gasteiger partial charge in [-0.3, -0.25) is 0 Å². The Bertz CT molecular complexity index is 709. The molecule has 0 amide bonds. The molecular formula is C12H14N6O. The largest absolute Gasteiger partial charge is 0.444 e. The molecule has 19 heavy (non-hydrogen) atoms. The zero-order valence-electron chi connectivity index (χ0n) is 10.7. The Morgan fingerprint density at radius 1 is 1.37 bits per heavy atom. The number of anilines is 2. The highest BCUT2D eigenvalue weighted by molar-refractivity contribution is 5.64. The number of nitrogens with two attached hydrogens (primary N) is 1. The fourth-order valence-electron chi connectivity index (χ4n) is 1.84. The molecule has 0 fully saturated rings. The lowest BCUT2D eigenvalue weighted by Crippen LogP contribution is -2.06. The molecule has 0 aliphatic heterocycles. The molecule has 3 aromatic rings. The van der Waals surface area contributed by atoms with Crippen molar-refractivity contribution < 1.29 is 4.42 Å². The maximum absolute atomic E-state index is 5.74. The fourth-order valence-corrected chi connectivity index (χ4v) is 1.84. The molecule has 0 saturated heterocycles. The molecule has 3 aromatic heterocycles. The van der Waals surface area contributed by atoms with E-state index < -0.39 is 0 Å². The lowest BCUT2D eigenvalue weighted by molar-refractivity contribution is 0.478. The van der Waals surface area contributed by atoms with E-state index >= 15 is 0 Å². The molecule has 3 rings (SSSR count). The first-order valence-electron chi connectivity index (χ1n) is 5.89. The molecule has 0 bridgehead atoms. The van der Waals surface area contributed by atoms with Gasteiger partial charge in [-0.1, -0.05) is 0 Å². The fraction of sp³-hybridized carbons (Fsp3) is 0.250. The van der Waals surface area contributed by atoms with Crippen molar-refractivity contribution in [2.75, 3.05) is 11.1 Å². The van der Waals surface area contributed by atoms with Gasteiger partial charge in [0, 0.05) is 12.4 Å². The average Bonchev–Trinajstić information content (AvgIpc) is 2.94. The van der Waals surface area contributed by atoms with Gasteiger partial charge in [0.2, 0.25) is 5.89 Å². The molecule has 0 spiro atoms. The van der Waals surface area contributed by atoms with E-state index in [1.165, 1.54) is 0 Å². The number of nitrogen functional groups attached to an aromatic ring is 1. The van der Waals surface area contributed by atoms with Crippen molar-refractivity contribution in [1.82, 2.24) is 19.4 Å². The second-order valence-corrected chi connectivity index (χ2v) is 4.28. The van der Waals surface area contributed by atoms with Crippen molar-refractivity contribution in [2.24, 2.45) is 0 Å².